The lowest BCUT2D eigenvalue weighted by Gasteiger charge is -2.32. The summed E-state index contributed by atoms with van der Waals surface area (Å²) in [6.45, 7) is 1.36. The molecule has 1 saturated heterocycles. The minimum Gasteiger partial charge on any atom is -0.484 e. The largest absolute Gasteiger partial charge is 0.484 e. The van der Waals surface area contributed by atoms with Crippen molar-refractivity contribution in [3.8, 4) is 5.75 Å². The van der Waals surface area contributed by atoms with Gasteiger partial charge in [-0.1, -0.05) is 35.3 Å². The summed E-state index contributed by atoms with van der Waals surface area (Å²) >= 11 is 11.8. The third-order valence-corrected chi connectivity index (χ3v) is 6.82. The fourth-order valence-corrected chi connectivity index (χ4v) is 4.55. The Morgan fingerprint density at radius 2 is 1.59 bits per heavy atom. The topological polar surface area (TPSA) is 58.6 Å². The first kappa shape index (κ1) is 22.9. The Kier molecular flexibility index (Phi) is 7.59. The smallest absolute Gasteiger partial charge is 0.258 e. The average Bonchev–Trinajstić information content (AvgIpc) is 3.58. The van der Waals surface area contributed by atoms with Crippen molar-refractivity contribution in [3.63, 3.8) is 0 Å². The maximum absolute atomic E-state index is 12.8. The van der Waals surface area contributed by atoms with E-state index in [4.69, 9.17) is 27.9 Å². The molecule has 32 heavy (non-hydrogen) atoms. The Balaban J connectivity index is 1.13. The summed E-state index contributed by atoms with van der Waals surface area (Å²) in [5.41, 5.74) is 1.27. The zero-order chi connectivity index (χ0) is 22.5. The molecule has 2 fully saturated rings. The molecule has 5 nitrogen and oxygen atoms in total. The first-order valence-corrected chi connectivity index (χ1v) is 11.9. The molecule has 0 radical (unpaired) electrons. The molecule has 1 aliphatic carbocycles. The SMILES string of the molecule is O=C(COc1ccc(Cl)cc1)NC1CCN(C(=O)[C@@H]2C[C@@H]2CCc2ccc(Cl)cc2)CC1. The fraction of sp³-hybridized carbons (Fsp3) is 0.440. The van der Waals surface area contributed by atoms with Crippen LogP contribution >= 0.6 is 23.2 Å². The van der Waals surface area contributed by atoms with Crippen LogP contribution < -0.4 is 10.1 Å². The molecular weight excluding hydrogens is 447 g/mol. The summed E-state index contributed by atoms with van der Waals surface area (Å²) in [7, 11) is 0. The monoisotopic (exact) mass is 474 g/mol. The number of hydrogen-bond acceptors (Lipinski definition) is 3. The maximum atomic E-state index is 12.8. The van der Waals surface area contributed by atoms with Crippen LogP contribution in [0.15, 0.2) is 48.5 Å². The van der Waals surface area contributed by atoms with Gasteiger partial charge in [-0.05, 0) is 80.0 Å². The van der Waals surface area contributed by atoms with Gasteiger partial charge in [0, 0.05) is 35.1 Å². The summed E-state index contributed by atoms with van der Waals surface area (Å²) < 4.78 is 5.49. The molecule has 0 spiro atoms. The average molecular weight is 475 g/mol. The molecule has 1 heterocycles. The second-order valence-corrected chi connectivity index (χ2v) is 9.55. The van der Waals surface area contributed by atoms with Crippen LogP contribution in [0.4, 0.5) is 0 Å². The van der Waals surface area contributed by atoms with E-state index >= 15 is 0 Å². The van der Waals surface area contributed by atoms with E-state index in [0.29, 0.717) is 29.8 Å². The van der Waals surface area contributed by atoms with E-state index in [1.807, 2.05) is 17.0 Å². The van der Waals surface area contributed by atoms with Crippen molar-refractivity contribution >= 4 is 35.0 Å². The van der Waals surface area contributed by atoms with Crippen LogP contribution in [-0.4, -0.2) is 42.5 Å². The highest BCUT2D eigenvalue weighted by molar-refractivity contribution is 6.30. The van der Waals surface area contributed by atoms with Crippen LogP contribution in [-0.2, 0) is 16.0 Å². The number of nitrogens with zero attached hydrogens (tertiary/aromatic N) is 1. The molecule has 2 amide bonds. The molecule has 2 aliphatic rings. The molecule has 0 unspecified atom stereocenters. The number of benzene rings is 2. The second-order valence-electron chi connectivity index (χ2n) is 8.68. The number of piperidine rings is 1. The number of aryl methyl sites for hydroxylation is 1. The van der Waals surface area contributed by atoms with Crippen molar-refractivity contribution < 1.29 is 14.3 Å². The molecule has 170 valence electrons. The van der Waals surface area contributed by atoms with Crippen LogP contribution in [0.5, 0.6) is 5.75 Å². The highest BCUT2D eigenvalue weighted by Crippen LogP contribution is 2.43. The van der Waals surface area contributed by atoms with Gasteiger partial charge in [0.25, 0.3) is 5.91 Å². The summed E-state index contributed by atoms with van der Waals surface area (Å²) in [6.07, 6.45) is 4.57. The molecule has 4 rings (SSSR count). The standard InChI is InChI=1S/C25H28Cl2N2O3/c26-19-5-2-17(3-6-19)1-4-18-15-23(18)25(31)29-13-11-21(12-14-29)28-24(30)16-32-22-9-7-20(27)8-10-22/h2-3,5-10,18,21,23H,1,4,11-16H2,(H,28,30)/t18-,23+/m0/s1. The molecule has 2 aromatic rings. The second kappa shape index (κ2) is 10.6. The van der Waals surface area contributed by atoms with Gasteiger partial charge in [0.15, 0.2) is 6.61 Å². The van der Waals surface area contributed by atoms with Crippen LogP contribution in [0.2, 0.25) is 10.0 Å². The van der Waals surface area contributed by atoms with Crippen LogP contribution in [0.1, 0.15) is 31.2 Å². The first-order chi connectivity index (χ1) is 15.5. The summed E-state index contributed by atoms with van der Waals surface area (Å²) in [5.74, 6) is 1.40. The minimum atomic E-state index is -0.144. The van der Waals surface area contributed by atoms with Crippen molar-refractivity contribution in [1.82, 2.24) is 10.2 Å². The van der Waals surface area contributed by atoms with E-state index in [2.05, 4.69) is 17.4 Å². The molecule has 1 N–H and O–H groups in total. The number of halogens is 2. The normalized spacial score (nSPS) is 20.6. The van der Waals surface area contributed by atoms with Crippen molar-refractivity contribution in [2.45, 2.75) is 38.1 Å². The zero-order valence-corrected chi connectivity index (χ0v) is 19.4. The van der Waals surface area contributed by atoms with Crippen molar-refractivity contribution in [2.75, 3.05) is 19.7 Å². The third-order valence-electron chi connectivity index (χ3n) is 6.31. The van der Waals surface area contributed by atoms with E-state index in [9.17, 15) is 9.59 Å². The molecule has 1 aliphatic heterocycles. The molecular formula is C25H28Cl2N2O3. The minimum absolute atomic E-state index is 0.0296. The summed E-state index contributed by atoms with van der Waals surface area (Å²) in [4.78, 5) is 27.0. The number of carbonyl (C=O) groups excluding carboxylic acids is 2. The van der Waals surface area contributed by atoms with Gasteiger partial charge in [-0.25, -0.2) is 0 Å². The number of amides is 2. The maximum Gasteiger partial charge on any atom is 0.258 e. The molecule has 7 heteroatoms. The Labute approximate surface area is 199 Å². The van der Waals surface area contributed by atoms with E-state index in [1.54, 1.807) is 24.3 Å². The molecule has 2 atom stereocenters. The quantitative estimate of drug-likeness (QED) is 0.600. The lowest BCUT2D eigenvalue weighted by atomic mass is 10.0. The van der Waals surface area contributed by atoms with Crippen LogP contribution in [0.25, 0.3) is 0 Å². The van der Waals surface area contributed by atoms with Crippen molar-refractivity contribution in [1.29, 1.82) is 0 Å². The predicted octanol–water partition coefficient (Wildman–Crippen LogP) is 4.75. The lowest BCUT2D eigenvalue weighted by Crippen LogP contribution is -2.48. The van der Waals surface area contributed by atoms with Crippen LogP contribution in [0.3, 0.4) is 0 Å². The lowest BCUT2D eigenvalue weighted by molar-refractivity contribution is -0.134. The molecule has 1 saturated carbocycles. The van der Waals surface area contributed by atoms with Gasteiger partial charge >= 0.3 is 0 Å². The molecule has 0 aromatic heterocycles. The predicted molar refractivity (Wildman–Crippen MR) is 126 cm³/mol. The Hall–Kier alpha value is -2.24. The van der Waals surface area contributed by atoms with Gasteiger partial charge in [0.05, 0.1) is 0 Å². The van der Waals surface area contributed by atoms with Gasteiger partial charge in [-0.15, -0.1) is 0 Å². The van der Waals surface area contributed by atoms with Gasteiger partial charge in [-0.3, -0.25) is 9.59 Å². The van der Waals surface area contributed by atoms with Gasteiger partial charge < -0.3 is 15.0 Å². The number of likely N-dealkylation sites (tertiary alicyclic amines) is 1. The Bertz CT molecular complexity index is 925. The number of nitrogens with one attached hydrogen (secondary N) is 1. The van der Waals surface area contributed by atoms with Crippen molar-refractivity contribution in [2.24, 2.45) is 11.8 Å². The first-order valence-electron chi connectivity index (χ1n) is 11.2. The highest BCUT2D eigenvalue weighted by atomic mass is 35.5. The van der Waals surface area contributed by atoms with Gasteiger partial charge in [-0.2, -0.15) is 0 Å². The van der Waals surface area contributed by atoms with Gasteiger partial charge in [0.2, 0.25) is 5.91 Å². The Morgan fingerprint density at radius 3 is 2.25 bits per heavy atom. The number of carbonyl (C=O) groups is 2. The van der Waals surface area contributed by atoms with Crippen LogP contribution in [0, 0.1) is 11.8 Å². The van der Waals surface area contributed by atoms with E-state index in [-0.39, 0.29) is 30.4 Å². The van der Waals surface area contributed by atoms with E-state index in [1.165, 1.54) is 5.56 Å². The zero-order valence-electron chi connectivity index (χ0n) is 17.9. The van der Waals surface area contributed by atoms with Gasteiger partial charge in [0.1, 0.15) is 5.75 Å². The van der Waals surface area contributed by atoms with Crippen molar-refractivity contribution in [3.05, 3.63) is 64.1 Å². The molecule has 0 bridgehead atoms. The summed E-state index contributed by atoms with van der Waals surface area (Å²) in [5, 5.41) is 4.40. The number of rotatable bonds is 8. The highest BCUT2D eigenvalue weighted by Gasteiger charge is 2.44. The van der Waals surface area contributed by atoms with E-state index < -0.39 is 0 Å². The summed E-state index contributed by atoms with van der Waals surface area (Å²) in [6, 6.07) is 15.0. The number of hydrogen-bond donors (Lipinski definition) is 1. The third kappa shape index (κ3) is 6.39. The Morgan fingerprint density at radius 1 is 0.969 bits per heavy atom. The molecule has 2 aromatic carbocycles. The van der Waals surface area contributed by atoms with E-state index in [0.717, 1.165) is 37.1 Å². The number of ether oxygens (including phenoxy) is 1. The fourth-order valence-electron chi connectivity index (χ4n) is 4.30.